The molecule has 0 radical (unpaired) electrons. The lowest BCUT2D eigenvalue weighted by molar-refractivity contribution is 0.660. The van der Waals surface area contributed by atoms with E-state index in [-0.39, 0.29) is 5.41 Å². The molecule has 244 valence electrons. The number of fused-ring (bicyclic) bond motifs is 8. The van der Waals surface area contributed by atoms with Gasteiger partial charge in [-0.15, -0.1) is 0 Å². The molecule has 0 aliphatic heterocycles. The van der Waals surface area contributed by atoms with Gasteiger partial charge < -0.3 is 9.32 Å². The van der Waals surface area contributed by atoms with E-state index >= 15 is 0 Å². The van der Waals surface area contributed by atoms with Crippen LogP contribution in [0, 0.1) is 0 Å². The lowest BCUT2D eigenvalue weighted by atomic mass is 9.82. The van der Waals surface area contributed by atoms with E-state index in [2.05, 4.69) is 183 Å². The van der Waals surface area contributed by atoms with E-state index in [0.717, 1.165) is 57.2 Å². The molecule has 0 unspecified atom stereocenters. The summed E-state index contributed by atoms with van der Waals surface area (Å²) in [7, 11) is 0. The van der Waals surface area contributed by atoms with Gasteiger partial charge in [0.25, 0.3) is 0 Å². The van der Waals surface area contributed by atoms with E-state index in [9.17, 15) is 0 Å². The molecular weight excluding hydrogens is 619 g/mol. The molecule has 2 aliphatic carbocycles. The summed E-state index contributed by atoms with van der Waals surface area (Å²) in [5.74, 6) is 0. The highest BCUT2D eigenvalue weighted by Gasteiger charge is 2.35. The van der Waals surface area contributed by atoms with E-state index in [1.54, 1.807) is 0 Å². The Morgan fingerprint density at radius 1 is 0.510 bits per heavy atom. The Morgan fingerprint density at radius 3 is 2.02 bits per heavy atom. The second-order valence-electron chi connectivity index (χ2n) is 14.4. The molecule has 10 rings (SSSR count). The molecule has 7 aromatic carbocycles. The van der Waals surface area contributed by atoms with Crippen molar-refractivity contribution in [2.75, 3.05) is 4.90 Å². The van der Waals surface area contributed by atoms with Crippen molar-refractivity contribution in [3.63, 3.8) is 0 Å². The van der Waals surface area contributed by atoms with Gasteiger partial charge in [0.2, 0.25) is 0 Å². The van der Waals surface area contributed by atoms with Crippen molar-refractivity contribution in [3.8, 4) is 22.3 Å². The second kappa shape index (κ2) is 11.5. The number of rotatable bonds is 5. The third-order valence-corrected chi connectivity index (χ3v) is 11.1. The first-order valence-electron chi connectivity index (χ1n) is 18.0. The molecule has 51 heavy (non-hydrogen) atoms. The number of furan rings is 1. The van der Waals surface area contributed by atoms with E-state index < -0.39 is 0 Å². The summed E-state index contributed by atoms with van der Waals surface area (Å²) in [6.07, 6.45) is 9.09. The van der Waals surface area contributed by atoms with Crippen molar-refractivity contribution in [1.82, 2.24) is 0 Å². The Labute approximate surface area is 298 Å². The van der Waals surface area contributed by atoms with Gasteiger partial charge in [-0.05, 0) is 105 Å². The average molecular weight is 656 g/mol. The monoisotopic (exact) mass is 655 g/mol. The number of allylic oxidation sites excluding steroid dienone is 4. The zero-order chi connectivity index (χ0) is 34.1. The molecule has 0 fully saturated rings. The van der Waals surface area contributed by atoms with Gasteiger partial charge in [0.05, 0.1) is 0 Å². The average Bonchev–Trinajstić information content (AvgIpc) is 3.67. The molecule has 0 saturated carbocycles. The summed E-state index contributed by atoms with van der Waals surface area (Å²) in [5.41, 5.74) is 15.4. The summed E-state index contributed by atoms with van der Waals surface area (Å²) < 4.78 is 6.83. The Balaban J connectivity index is 1.16. The zero-order valence-corrected chi connectivity index (χ0v) is 28.9. The topological polar surface area (TPSA) is 16.4 Å². The Hall–Kier alpha value is -6.12. The van der Waals surface area contributed by atoms with Crippen LogP contribution in [0.3, 0.4) is 0 Å². The van der Waals surface area contributed by atoms with Crippen molar-refractivity contribution >= 4 is 55.3 Å². The SMILES string of the molecule is CC1(C)c2ccccc2-c2ccc(N(c3ccc(-c4ccccc4)cc3)c3ccc4c(c3)oc3c5ccccc5c(C5=CCCC=C5)cc43)cc21. The predicted octanol–water partition coefficient (Wildman–Crippen LogP) is 13.9. The number of hydrogen-bond donors (Lipinski definition) is 0. The molecule has 1 aromatic heterocycles. The van der Waals surface area contributed by atoms with Gasteiger partial charge in [0.1, 0.15) is 11.2 Å². The summed E-state index contributed by atoms with van der Waals surface area (Å²) in [4.78, 5) is 2.38. The first-order valence-corrected chi connectivity index (χ1v) is 18.0. The van der Waals surface area contributed by atoms with Gasteiger partial charge in [-0.3, -0.25) is 0 Å². The van der Waals surface area contributed by atoms with Crippen molar-refractivity contribution in [2.45, 2.75) is 32.1 Å². The summed E-state index contributed by atoms with van der Waals surface area (Å²) in [6, 6.07) is 53.1. The van der Waals surface area contributed by atoms with Gasteiger partial charge in [-0.2, -0.15) is 0 Å². The zero-order valence-electron chi connectivity index (χ0n) is 28.9. The Morgan fingerprint density at radius 2 is 1.20 bits per heavy atom. The minimum Gasteiger partial charge on any atom is -0.455 e. The molecule has 0 atom stereocenters. The maximum atomic E-state index is 6.83. The van der Waals surface area contributed by atoms with Crippen LogP contribution in [-0.2, 0) is 5.41 Å². The first kappa shape index (κ1) is 29.8. The van der Waals surface area contributed by atoms with Gasteiger partial charge >= 0.3 is 0 Å². The van der Waals surface area contributed by atoms with E-state index in [0.29, 0.717) is 0 Å². The highest BCUT2D eigenvalue weighted by atomic mass is 16.3. The van der Waals surface area contributed by atoms with Crippen molar-refractivity contribution in [1.29, 1.82) is 0 Å². The molecule has 2 heteroatoms. The van der Waals surface area contributed by atoms with Crippen LogP contribution in [0.4, 0.5) is 17.1 Å². The molecule has 0 N–H and O–H groups in total. The first-order chi connectivity index (χ1) is 25.0. The number of nitrogens with zero attached hydrogens (tertiary/aromatic N) is 1. The molecule has 0 saturated heterocycles. The number of benzene rings is 7. The molecule has 2 aliphatic rings. The third kappa shape index (κ3) is 4.71. The maximum Gasteiger partial charge on any atom is 0.143 e. The van der Waals surface area contributed by atoms with Crippen LogP contribution in [-0.4, -0.2) is 0 Å². The quantitative estimate of drug-likeness (QED) is 0.183. The fraction of sp³-hybridized carbons (Fsp3) is 0.102. The van der Waals surface area contributed by atoms with E-state index in [1.807, 2.05) is 0 Å². The fourth-order valence-electron chi connectivity index (χ4n) is 8.49. The molecule has 1 heterocycles. The highest BCUT2D eigenvalue weighted by molar-refractivity contribution is 6.18. The lowest BCUT2D eigenvalue weighted by Gasteiger charge is -2.28. The molecular formula is C49H37NO. The van der Waals surface area contributed by atoms with E-state index in [1.165, 1.54) is 49.9 Å². The fourth-order valence-corrected chi connectivity index (χ4v) is 8.49. The predicted molar refractivity (Wildman–Crippen MR) is 215 cm³/mol. The highest BCUT2D eigenvalue weighted by Crippen LogP contribution is 2.51. The normalized spacial score (nSPS) is 14.5. The van der Waals surface area contributed by atoms with Crippen molar-refractivity contribution in [3.05, 3.63) is 181 Å². The van der Waals surface area contributed by atoms with Crippen LogP contribution >= 0.6 is 0 Å². The van der Waals surface area contributed by atoms with Crippen LogP contribution in [0.5, 0.6) is 0 Å². The molecule has 8 aromatic rings. The van der Waals surface area contributed by atoms with Gasteiger partial charge in [-0.1, -0.05) is 129 Å². The molecule has 0 amide bonds. The Kier molecular flexibility index (Phi) is 6.69. The number of hydrogen-bond acceptors (Lipinski definition) is 2. The van der Waals surface area contributed by atoms with Crippen LogP contribution in [0.25, 0.3) is 60.5 Å². The second-order valence-corrected chi connectivity index (χ2v) is 14.4. The van der Waals surface area contributed by atoms with Crippen LogP contribution < -0.4 is 4.90 Å². The number of anilines is 3. The summed E-state index contributed by atoms with van der Waals surface area (Å²) >= 11 is 0. The van der Waals surface area contributed by atoms with Gasteiger partial charge in [-0.25, -0.2) is 0 Å². The maximum absolute atomic E-state index is 6.83. The van der Waals surface area contributed by atoms with E-state index in [4.69, 9.17) is 4.42 Å². The van der Waals surface area contributed by atoms with Crippen molar-refractivity contribution < 1.29 is 4.42 Å². The van der Waals surface area contributed by atoms with Crippen LogP contribution in [0.1, 0.15) is 43.4 Å². The molecule has 0 spiro atoms. The standard InChI is InChI=1S/C49H37NO/c1-49(2)45-20-12-11-18-39(45)40-27-25-36(29-46(40)49)50(35-23-21-33(22-24-35)32-13-5-3-6-14-32)37-26-28-41-44-31-43(34-15-7-4-8-16-34)38-17-9-10-19-42(38)48(44)51-47(41)30-37/h3,5-7,9-31H,4,8H2,1-2H3. The Bertz CT molecular complexity index is 2710. The smallest absolute Gasteiger partial charge is 0.143 e. The van der Waals surface area contributed by atoms with Crippen LogP contribution in [0.2, 0.25) is 0 Å². The van der Waals surface area contributed by atoms with Gasteiger partial charge in [0, 0.05) is 44.7 Å². The summed E-state index contributed by atoms with van der Waals surface area (Å²) in [5, 5.41) is 4.66. The molecule has 2 nitrogen and oxygen atoms in total. The van der Waals surface area contributed by atoms with Crippen molar-refractivity contribution in [2.24, 2.45) is 0 Å². The minimum absolute atomic E-state index is 0.102. The third-order valence-electron chi connectivity index (χ3n) is 11.1. The minimum atomic E-state index is -0.102. The lowest BCUT2D eigenvalue weighted by Crippen LogP contribution is -2.16. The summed E-state index contributed by atoms with van der Waals surface area (Å²) in [6.45, 7) is 4.69. The molecule has 0 bridgehead atoms. The van der Waals surface area contributed by atoms with Crippen LogP contribution in [0.15, 0.2) is 168 Å². The van der Waals surface area contributed by atoms with Gasteiger partial charge in [0.15, 0.2) is 0 Å². The largest absolute Gasteiger partial charge is 0.455 e.